The molecule has 1 aliphatic heterocycles. The number of hydrogen-bond donors (Lipinski definition) is 0. The SMILES string of the molecule is O=[N+]([O-])c1cc(Cl)ccc1N1CCCN(Cc2ccccc2)CC1. The van der Waals surface area contributed by atoms with Crippen molar-refractivity contribution in [3.05, 3.63) is 69.2 Å². The zero-order valence-electron chi connectivity index (χ0n) is 13.4. The lowest BCUT2D eigenvalue weighted by molar-refractivity contribution is -0.384. The molecule has 0 atom stereocenters. The minimum atomic E-state index is -0.353. The van der Waals surface area contributed by atoms with Crippen molar-refractivity contribution in [2.45, 2.75) is 13.0 Å². The Bertz CT molecular complexity index is 709. The first-order chi connectivity index (χ1) is 11.6. The van der Waals surface area contributed by atoms with E-state index in [1.807, 2.05) is 6.07 Å². The highest BCUT2D eigenvalue weighted by Gasteiger charge is 2.22. The van der Waals surface area contributed by atoms with Crippen LogP contribution in [0.5, 0.6) is 0 Å². The second kappa shape index (κ2) is 7.64. The van der Waals surface area contributed by atoms with E-state index in [1.54, 1.807) is 12.1 Å². The number of hydrogen-bond acceptors (Lipinski definition) is 4. The summed E-state index contributed by atoms with van der Waals surface area (Å²) in [7, 11) is 0. The van der Waals surface area contributed by atoms with Crippen LogP contribution in [-0.4, -0.2) is 36.0 Å². The van der Waals surface area contributed by atoms with Gasteiger partial charge < -0.3 is 4.90 Å². The molecule has 1 fully saturated rings. The summed E-state index contributed by atoms with van der Waals surface area (Å²) in [6.45, 7) is 4.38. The Labute approximate surface area is 146 Å². The Morgan fingerprint density at radius 1 is 1.04 bits per heavy atom. The van der Waals surface area contributed by atoms with E-state index >= 15 is 0 Å². The van der Waals surface area contributed by atoms with E-state index < -0.39 is 0 Å². The van der Waals surface area contributed by atoms with Crippen molar-refractivity contribution in [1.29, 1.82) is 0 Å². The minimum Gasteiger partial charge on any atom is -0.365 e. The van der Waals surface area contributed by atoms with Crippen molar-refractivity contribution in [2.75, 3.05) is 31.1 Å². The van der Waals surface area contributed by atoms with Gasteiger partial charge in [0.05, 0.1) is 4.92 Å². The molecule has 1 heterocycles. The van der Waals surface area contributed by atoms with Crippen LogP contribution >= 0.6 is 11.6 Å². The van der Waals surface area contributed by atoms with E-state index in [1.165, 1.54) is 11.6 Å². The Morgan fingerprint density at radius 3 is 2.58 bits per heavy atom. The summed E-state index contributed by atoms with van der Waals surface area (Å²) in [5, 5.41) is 11.7. The summed E-state index contributed by atoms with van der Waals surface area (Å²) in [5.74, 6) is 0. The van der Waals surface area contributed by atoms with Crippen molar-refractivity contribution in [2.24, 2.45) is 0 Å². The van der Waals surface area contributed by atoms with Crippen LogP contribution in [0.1, 0.15) is 12.0 Å². The van der Waals surface area contributed by atoms with Crippen LogP contribution in [0.2, 0.25) is 5.02 Å². The van der Waals surface area contributed by atoms with Gasteiger partial charge in [-0.15, -0.1) is 0 Å². The third-order valence-corrected chi connectivity index (χ3v) is 4.55. The van der Waals surface area contributed by atoms with Gasteiger partial charge in [-0.05, 0) is 24.1 Å². The Kier molecular flexibility index (Phi) is 5.33. The largest absolute Gasteiger partial charge is 0.365 e. The molecule has 0 spiro atoms. The van der Waals surface area contributed by atoms with E-state index in [4.69, 9.17) is 11.6 Å². The summed E-state index contributed by atoms with van der Waals surface area (Å²) in [6, 6.07) is 15.3. The van der Waals surface area contributed by atoms with Gasteiger partial charge in [0.1, 0.15) is 5.69 Å². The highest BCUT2D eigenvalue weighted by molar-refractivity contribution is 6.30. The normalized spacial score (nSPS) is 16.0. The summed E-state index contributed by atoms with van der Waals surface area (Å²) >= 11 is 5.91. The van der Waals surface area contributed by atoms with Crippen molar-refractivity contribution in [1.82, 2.24) is 4.90 Å². The first-order valence-corrected chi connectivity index (χ1v) is 8.46. The lowest BCUT2D eigenvalue weighted by Gasteiger charge is -2.23. The maximum absolute atomic E-state index is 11.3. The molecule has 3 rings (SSSR count). The topological polar surface area (TPSA) is 49.6 Å². The predicted octanol–water partition coefficient (Wildman–Crippen LogP) is 3.96. The number of benzene rings is 2. The van der Waals surface area contributed by atoms with Crippen LogP contribution in [0, 0.1) is 10.1 Å². The third-order valence-electron chi connectivity index (χ3n) is 4.31. The maximum atomic E-state index is 11.3. The van der Waals surface area contributed by atoms with E-state index in [2.05, 4.69) is 34.1 Å². The molecule has 0 bridgehead atoms. The molecule has 0 N–H and O–H groups in total. The van der Waals surface area contributed by atoms with Crippen LogP contribution in [0.25, 0.3) is 0 Å². The number of nitrogens with zero attached hydrogens (tertiary/aromatic N) is 3. The molecule has 0 saturated carbocycles. The van der Waals surface area contributed by atoms with Gasteiger partial charge in [-0.3, -0.25) is 15.0 Å². The van der Waals surface area contributed by atoms with Crippen LogP contribution in [0.3, 0.4) is 0 Å². The highest BCUT2D eigenvalue weighted by Crippen LogP contribution is 2.31. The predicted molar refractivity (Wildman–Crippen MR) is 96.7 cm³/mol. The molecule has 0 unspecified atom stereocenters. The number of nitro groups is 1. The lowest BCUT2D eigenvalue weighted by Crippen LogP contribution is -2.30. The Morgan fingerprint density at radius 2 is 1.83 bits per heavy atom. The minimum absolute atomic E-state index is 0.0824. The first-order valence-electron chi connectivity index (χ1n) is 8.08. The van der Waals surface area contributed by atoms with E-state index in [0.717, 1.165) is 39.1 Å². The molecule has 2 aromatic carbocycles. The van der Waals surface area contributed by atoms with Gasteiger partial charge in [0.15, 0.2) is 0 Å². The fourth-order valence-electron chi connectivity index (χ4n) is 3.12. The fraction of sp³-hybridized carbons (Fsp3) is 0.333. The summed E-state index contributed by atoms with van der Waals surface area (Å²) in [5.41, 5.74) is 2.04. The number of nitro benzene ring substituents is 1. The van der Waals surface area contributed by atoms with Gasteiger partial charge in [-0.2, -0.15) is 0 Å². The Hall–Kier alpha value is -2.11. The van der Waals surface area contributed by atoms with E-state index in [9.17, 15) is 10.1 Å². The lowest BCUT2D eigenvalue weighted by atomic mass is 10.2. The number of rotatable bonds is 4. The average molecular weight is 346 g/mol. The second-order valence-electron chi connectivity index (χ2n) is 5.99. The molecular formula is C18H20ClN3O2. The van der Waals surface area contributed by atoms with Crippen LogP contribution in [0.15, 0.2) is 48.5 Å². The molecule has 0 amide bonds. The highest BCUT2D eigenvalue weighted by atomic mass is 35.5. The smallest absolute Gasteiger partial charge is 0.294 e. The quantitative estimate of drug-likeness (QED) is 0.621. The van der Waals surface area contributed by atoms with Gasteiger partial charge in [0, 0.05) is 43.8 Å². The summed E-state index contributed by atoms with van der Waals surface area (Å²) < 4.78 is 0. The maximum Gasteiger partial charge on any atom is 0.294 e. The molecule has 126 valence electrons. The van der Waals surface area contributed by atoms with Crippen LogP contribution in [0.4, 0.5) is 11.4 Å². The van der Waals surface area contributed by atoms with Crippen molar-refractivity contribution < 1.29 is 4.92 Å². The van der Waals surface area contributed by atoms with Crippen LogP contribution in [-0.2, 0) is 6.54 Å². The molecule has 6 heteroatoms. The zero-order valence-corrected chi connectivity index (χ0v) is 14.2. The molecule has 0 aromatic heterocycles. The van der Waals surface area contributed by atoms with Crippen LogP contribution < -0.4 is 4.90 Å². The van der Waals surface area contributed by atoms with Crippen molar-refractivity contribution >= 4 is 23.0 Å². The monoisotopic (exact) mass is 345 g/mol. The molecular weight excluding hydrogens is 326 g/mol. The number of anilines is 1. The molecule has 0 radical (unpaired) electrons. The summed E-state index contributed by atoms with van der Waals surface area (Å²) in [6.07, 6.45) is 0.979. The van der Waals surface area contributed by atoms with E-state index in [0.29, 0.717) is 10.7 Å². The van der Waals surface area contributed by atoms with Crippen molar-refractivity contribution in [3.8, 4) is 0 Å². The zero-order chi connectivity index (χ0) is 16.9. The number of halogens is 1. The molecule has 24 heavy (non-hydrogen) atoms. The van der Waals surface area contributed by atoms with E-state index in [-0.39, 0.29) is 10.6 Å². The summed E-state index contributed by atoms with van der Waals surface area (Å²) in [4.78, 5) is 15.5. The van der Waals surface area contributed by atoms with Crippen molar-refractivity contribution in [3.63, 3.8) is 0 Å². The van der Waals surface area contributed by atoms with Gasteiger partial charge >= 0.3 is 0 Å². The first kappa shape index (κ1) is 16.7. The molecule has 1 aliphatic rings. The van der Waals surface area contributed by atoms with Gasteiger partial charge in [-0.25, -0.2) is 0 Å². The second-order valence-corrected chi connectivity index (χ2v) is 6.43. The Balaban J connectivity index is 1.71. The molecule has 1 saturated heterocycles. The third kappa shape index (κ3) is 4.04. The standard InChI is InChI=1S/C18H20ClN3O2/c19-16-7-8-17(18(13-16)22(23)24)21-10-4-9-20(11-12-21)14-15-5-2-1-3-6-15/h1-3,5-8,13H,4,9-12,14H2. The fourth-order valence-corrected chi connectivity index (χ4v) is 3.29. The molecule has 2 aromatic rings. The molecule has 0 aliphatic carbocycles. The molecule has 5 nitrogen and oxygen atoms in total. The van der Waals surface area contributed by atoms with Gasteiger partial charge in [0.2, 0.25) is 0 Å². The van der Waals surface area contributed by atoms with Gasteiger partial charge in [-0.1, -0.05) is 41.9 Å². The van der Waals surface area contributed by atoms with Gasteiger partial charge in [0.25, 0.3) is 5.69 Å². The average Bonchev–Trinajstić information content (AvgIpc) is 2.81.